The van der Waals surface area contributed by atoms with E-state index < -0.39 is 6.03 Å². The van der Waals surface area contributed by atoms with Crippen LogP contribution in [0.15, 0.2) is 0 Å². The van der Waals surface area contributed by atoms with Crippen molar-refractivity contribution in [2.24, 2.45) is 0 Å². The number of aromatic nitrogens is 4. The fraction of sp³-hybridized carbons (Fsp3) is 0.667. The molecule has 2 amide bonds. The third-order valence-corrected chi connectivity index (χ3v) is 1.96. The topological polar surface area (TPSA) is 99.1 Å². The number of aryl methyl sites for hydroxylation is 1. The number of hydrogen-bond acceptors (Lipinski definition) is 5. The van der Waals surface area contributed by atoms with E-state index in [4.69, 9.17) is 17.4 Å². The molecule has 0 aliphatic carbocycles. The summed E-state index contributed by atoms with van der Waals surface area (Å²) < 4.78 is 1.96. The number of tetrazole rings is 1. The minimum Gasteiger partial charge on any atom is -0.336 e. The standard InChI is InChI=1S/C6H12N6O2S/c1-11(14)5(13)7-3-2-4-12-6(15)8-9-10-12/h14H,2-4H2,1H3,(H,7,13)(H,8,10,15). The van der Waals surface area contributed by atoms with Crippen molar-refractivity contribution in [3.8, 4) is 0 Å². The minimum atomic E-state index is -0.540. The number of nitrogens with zero attached hydrogens (tertiary/aromatic N) is 4. The summed E-state index contributed by atoms with van der Waals surface area (Å²) in [5.41, 5.74) is 0. The van der Waals surface area contributed by atoms with Crippen LogP contribution in [0.1, 0.15) is 6.42 Å². The Morgan fingerprint density at radius 3 is 3.07 bits per heavy atom. The summed E-state index contributed by atoms with van der Waals surface area (Å²) in [5.74, 6) is 0. The maximum atomic E-state index is 10.9. The monoisotopic (exact) mass is 232 g/mol. The maximum Gasteiger partial charge on any atom is 0.340 e. The Labute approximate surface area is 90.8 Å². The van der Waals surface area contributed by atoms with Gasteiger partial charge in [-0.1, -0.05) is 10.3 Å². The maximum absolute atomic E-state index is 10.9. The molecule has 0 unspecified atom stereocenters. The second-order valence-electron chi connectivity index (χ2n) is 2.84. The smallest absolute Gasteiger partial charge is 0.336 e. The molecule has 15 heavy (non-hydrogen) atoms. The molecule has 0 bridgehead atoms. The molecule has 0 aliphatic rings. The SMILES string of the molecule is CN(O)C(=O)NCCCn1[nH]nnc1=S. The lowest BCUT2D eigenvalue weighted by Gasteiger charge is -2.09. The molecule has 8 nitrogen and oxygen atoms in total. The van der Waals surface area contributed by atoms with Gasteiger partial charge in [0.05, 0.1) is 0 Å². The second kappa shape index (κ2) is 5.41. The summed E-state index contributed by atoms with van der Waals surface area (Å²) in [6.45, 7) is 1.02. The van der Waals surface area contributed by atoms with E-state index in [1.807, 2.05) is 0 Å². The first kappa shape index (κ1) is 11.6. The van der Waals surface area contributed by atoms with Gasteiger partial charge in [-0.2, -0.15) is 5.21 Å². The van der Waals surface area contributed by atoms with Crippen LogP contribution in [0.2, 0.25) is 0 Å². The van der Waals surface area contributed by atoms with E-state index in [1.165, 1.54) is 7.05 Å². The van der Waals surface area contributed by atoms with Gasteiger partial charge in [0.1, 0.15) is 0 Å². The first-order valence-electron chi connectivity index (χ1n) is 4.29. The molecule has 0 fully saturated rings. The zero-order valence-electron chi connectivity index (χ0n) is 8.17. The summed E-state index contributed by atoms with van der Waals surface area (Å²) in [4.78, 5) is 10.9. The molecule has 1 rings (SSSR count). The second-order valence-corrected chi connectivity index (χ2v) is 3.21. The molecule has 0 saturated carbocycles. The van der Waals surface area contributed by atoms with Crippen LogP contribution in [-0.4, -0.2) is 50.1 Å². The Balaban J connectivity index is 2.21. The number of urea groups is 1. The van der Waals surface area contributed by atoms with Crippen LogP contribution < -0.4 is 5.32 Å². The number of aromatic amines is 1. The predicted octanol–water partition coefficient (Wildman–Crippen LogP) is -0.244. The van der Waals surface area contributed by atoms with Gasteiger partial charge < -0.3 is 5.32 Å². The Morgan fingerprint density at radius 1 is 1.80 bits per heavy atom. The van der Waals surface area contributed by atoms with Crippen molar-refractivity contribution in [3.63, 3.8) is 0 Å². The third kappa shape index (κ3) is 3.64. The van der Waals surface area contributed by atoms with E-state index in [0.29, 0.717) is 29.3 Å². The molecule has 0 saturated heterocycles. The summed E-state index contributed by atoms with van der Waals surface area (Å²) in [6.07, 6.45) is 0.664. The number of amides is 2. The van der Waals surface area contributed by atoms with Crippen LogP contribution >= 0.6 is 12.2 Å². The number of nitrogens with one attached hydrogen (secondary N) is 2. The molecule has 0 aliphatic heterocycles. The first-order chi connectivity index (χ1) is 7.11. The van der Waals surface area contributed by atoms with Crippen molar-refractivity contribution in [3.05, 3.63) is 4.77 Å². The van der Waals surface area contributed by atoms with Crippen LogP contribution in [0, 0.1) is 4.77 Å². The molecule has 1 aromatic rings. The highest BCUT2D eigenvalue weighted by molar-refractivity contribution is 7.71. The van der Waals surface area contributed by atoms with Crippen molar-refractivity contribution >= 4 is 18.2 Å². The van der Waals surface area contributed by atoms with Crippen molar-refractivity contribution in [1.29, 1.82) is 0 Å². The van der Waals surface area contributed by atoms with Gasteiger partial charge in [-0.05, 0) is 18.6 Å². The number of carbonyl (C=O) groups is 1. The Bertz CT molecular complexity index is 372. The molecule has 1 heterocycles. The predicted molar refractivity (Wildman–Crippen MR) is 52.8 cm³/mol. The molecular weight excluding hydrogens is 220 g/mol. The van der Waals surface area contributed by atoms with Crippen LogP contribution in [0.3, 0.4) is 0 Å². The molecule has 3 N–H and O–H groups in total. The fourth-order valence-electron chi connectivity index (χ4n) is 0.908. The average molecular weight is 232 g/mol. The number of H-pyrrole nitrogens is 1. The molecule has 84 valence electrons. The lowest BCUT2D eigenvalue weighted by molar-refractivity contribution is -0.0182. The highest BCUT2D eigenvalue weighted by atomic mass is 32.1. The fourth-order valence-corrected chi connectivity index (χ4v) is 1.08. The van der Waals surface area contributed by atoms with E-state index in [0.717, 1.165) is 0 Å². The van der Waals surface area contributed by atoms with Gasteiger partial charge in [0.2, 0.25) is 4.77 Å². The van der Waals surface area contributed by atoms with Crippen molar-refractivity contribution in [2.45, 2.75) is 13.0 Å². The van der Waals surface area contributed by atoms with Crippen molar-refractivity contribution in [2.75, 3.05) is 13.6 Å². The quantitative estimate of drug-likeness (QED) is 0.288. The number of carbonyl (C=O) groups excluding carboxylic acids is 1. The Morgan fingerprint density at radius 2 is 2.53 bits per heavy atom. The van der Waals surface area contributed by atoms with Gasteiger partial charge >= 0.3 is 6.03 Å². The van der Waals surface area contributed by atoms with E-state index in [1.54, 1.807) is 4.68 Å². The number of hydroxylamine groups is 2. The van der Waals surface area contributed by atoms with Crippen LogP contribution in [0.25, 0.3) is 0 Å². The Kier molecular flexibility index (Phi) is 4.18. The highest BCUT2D eigenvalue weighted by Gasteiger charge is 2.03. The van der Waals surface area contributed by atoms with Gasteiger partial charge in [0.15, 0.2) is 0 Å². The van der Waals surface area contributed by atoms with Gasteiger partial charge in [0, 0.05) is 20.1 Å². The zero-order chi connectivity index (χ0) is 11.3. The van der Waals surface area contributed by atoms with E-state index in [2.05, 4.69) is 20.8 Å². The molecule has 0 radical (unpaired) electrons. The normalized spacial score (nSPS) is 10.0. The summed E-state index contributed by atoms with van der Waals surface area (Å²) in [7, 11) is 1.25. The van der Waals surface area contributed by atoms with Crippen LogP contribution in [0.4, 0.5) is 4.79 Å². The van der Waals surface area contributed by atoms with Crippen molar-refractivity contribution in [1.82, 2.24) is 30.6 Å². The molecular formula is C6H12N6O2S. The summed E-state index contributed by atoms with van der Waals surface area (Å²) in [5, 5.41) is 21.4. The van der Waals surface area contributed by atoms with Gasteiger partial charge in [-0.25, -0.2) is 14.5 Å². The average Bonchev–Trinajstić information content (AvgIpc) is 2.58. The number of hydrogen-bond donors (Lipinski definition) is 3. The van der Waals surface area contributed by atoms with Gasteiger partial charge in [-0.15, -0.1) is 0 Å². The van der Waals surface area contributed by atoms with Gasteiger partial charge in [-0.3, -0.25) is 5.21 Å². The summed E-state index contributed by atoms with van der Waals surface area (Å²) >= 11 is 4.85. The molecule has 0 aromatic carbocycles. The van der Waals surface area contributed by atoms with E-state index in [9.17, 15) is 4.79 Å². The molecule has 9 heteroatoms. The first-order valence-corrected chi connectivity index (χ1v) is 4.70. The largest absolute Gasteiger partial charge is 0.340 e. The van der Waals surface area contributed by atoms with E-state index in [-0.39, 0.29) is 0 Å². The summed E-state index contributed by atoms with van der Waals surface area (Å²) in [6, 6.07) is -0.540. The minimum absolute atomic E-state index is 0.376. The molecule has 0 atom stereocenters. The molecule has 0 spiro atoms. The van der Waals surface area contributed by atoms with Gasteiger partial charge in [0.25, 0.3) is 0 Å². The lowest BCUT2D eigenvalue weighted by atomic mass is 10.4. The van der Waals surface area contributed by atoms with E-state index >= 15 is 0 Å². The third-order valence-electron chi connectivity index (χ3n) is 1.66. The zero-order valence-corrected chi connectivity index (χ0v) is 8.99. The van der Waals surface area contributed by atoms with Crippen molar-refractivity contribution < 1.29 is 10.0 Å². The van der Waals surface area contributed by atoms with Crippen LogP contribution in [0.5, 0.6) is 0 Å². The van der Waals surface area contributed by atoms with Crippen LogP contribution in [-0.2, 0) is 6.54 Å². The molecule has 1 aromatic heterocycles. The Hall–Kier alpha value is -1.48. The highest BCUT2D eigenvalue weighted by Crippen LogP contribution is 1.87. The lowest BCUT2D eigenvalue weighted by Crippen LogP contribution is -2.35. The number of rotatable bonds is 4.